The number of sulfonamides is 1. The molecule has 1 fully saturated rings. The second kappa shape index (κ2) is 10.9. The fraction of sp³-hybridized carbons (Fsp3) is 0.444. The van der Waals surface area contributed by atoms with E-state index in [0.717, 1.165) is 12.2 Å². The molecule has 3 heterocycles. The minimum atomic E-state index is -3.84. The van der Waals surface area contributed by atoms with E-state index in [1.165, 1.54) is 12.1 Å². The van der Waals surface area contributed by atoms with Crippen molar-refractivity contribution in [2.75, 3.05) is 50.6 Å². The zero-order valence-corrected chi connectivity index (χ0v) is 23.9. The summed E-state index contributed by atoms with van der Waals surface area (Å²) in [6, 6.07) is 6.24. The topological polar surface area (TPSA) is 132 Å². The van der Waals surface area contributed by atoms with E-state index in [4.69, 9.17) is 19.8 Å². The van der Waals surface area contributed by atoms with Crippen LogP contribution in [0.4, 0.5) is 16.2 Å². The Morgan fingerprint density at radius 2 is 2.08 bits per heavy atom. The average molecular weight is 571 g/mol. The molecule has 0 saturated carbocycles. The Labute approximate surface area is 233 Å². The Bertz CT molecular complexity index is 1590. The molecular weight excluding hydrogens is 535 g/mol. The number of benzene rings is 1. The monoisotopic (exact) mass is 570 g/mol. The number of ether oxygens (including phenoxy) is 1. The maximum absolute atomic E-state index is 14.1. The van der Waals surface area contributed by atoms with Gasteiger partial charge in [0.2, 0.25) is 16.0 Å². The van der Waals surface area contributed by atoms with Gasteiger partial charge in [-0.25, -0.2) is 22.9 Å². The molecule has 214 valence electrons. The van der Waals surface area contributed by atoms with Crippen molar-refractivity contribution in [1.29, 1.82) is 0 Å². The smallest absolute Gasteiger partial charge is 0.234 e. The van der Waals surface area contributed by atoms with Crippen LogP contribution < -0.4 is 15.4 Å². The zero-order chi connectivity index (χ0) is 28.7. The lowest BCUT2D eigenvalue weighted by atomic mass is 9.77. The number of anilines is 2. The molecule has 5 rings (SSSR count). The van der Waals surface area contributed by atoms with Crippen LogP contribution in [0.25, 0.3) is 16.9 Å². The van der Waals surface area contributed by atoms with Crippen LogP contribution >= 0.6 is 0 Å². The highest BCUT2D eigenvalue weighted by molar-refractivity contribution is 7.93. The van der Waals surface area contributed by atoms with Crippen molar-refractivity contribution in [3.8, 4) is 5.69 Å². The number of hydrogen-bond acceptors (Lipinski definition) is 9. The third-order valence-electron chi connectivity index (χ3n) is 7.37. The van der Waals surface area contributed by atoms with Gasteiger partial charge in [0.05, 0.1) is 23.3 Å². The molecule has 1 aliphatic heterocycles. The molecule has 0 bridgehead atoms. The van der Waals surface area contributed by atoms with Crippen molar-refractivity contribution in [2.45, 2.75) is 32.8 Å². The Hall–Kier alpha value is -3.39. The molecule has 3 aromatic rings. The first-order valence-corrected chi connectivity index (χ1v) is 14.7. The molecular formula is C27H35FN8O3S. The largest absolute Gasteiger partial charge is 0.375 e. The maximum Gasteiger partial charge on any atom is 0.234 e. The van der Waals surface area contributed by atoms with Gasteiger partial charge in [0.1, 0.15) is 12.1 Å². The third kappa shape index (κ3) is 5.87. The van der Waals surface area contributed by atoms with Crippen molar-refractivity contribution in [2.24, 2.45) is 10.6 Å². The number of nitrogens with zero attached hydrogens (tertiary/aromatic N) is 6. The average Bonchev–Trinajstić information content (AvgIpc) is 3.32. The summed E-state index contributed by atoms with van der Waals surface area (Å²) < 4.78 is 46.0. The summed E-state index contributed by atoms with van der Waals surface area (Å²) in [5.74, 6) is 0.606. The summed E-state index contributed by atoms with van der Waals surface area (Å²) in [5, 5.41) is 8.99. The first-order valence-electron chi connectivity index (χ1n) is 13.2. The molecule has 13 heteroatoms. The maximum atomic E-state index is 14.1. The predicted molar refractivity (Wildman–Crippen MR) is 153 cm³/mol. The lowest BCUT2D eigenvalue weighted by Crippen LogP contribution is -2.42. The molecule has 40 heavy (non-hydrogen) atoms. The minimum Gasteiger partial charge on any atom is -0.375 e. The Balaban J connectivity index is 1.63. The van der Waals surface area contributed by atoms with Crippen molar-refractivity contribution in [3.63, 3.8) is 0 Å². The van der Waals surface area contributed by atoms with E-state index in [2.05, 4.69) is 20.1 Å². The summed E-state index contributed by atoms with van der Waals surface area (Å²) in [5.41, 5.74) is 1.83. The first-order chi connectivity index (χ1) is 18.9. The number of primary sulfonamides is 1. The Morgan fingerprint density at radius 1 is 1.27 bits per heavy atom. The number of halogens is 1. The SMILES string of the molecule is CC1CN(c2nc(NC3=CC=C(S(N)(=O)=O)CC3(C)CCN(C)C)c3ncn(-c4cccc(F)c4)c3n2)CCO1. The molecule has 2 unspecified atom stereocenters. The van der Waals surface area contributed by atoms with Gasteiger partial charge in [-0.3, -0.25) is 4.57 Å². The summed E-state index contributed by atoms with van der Waals surface area (Å²) in [6.45, 7) is 6.53. The molecule has 0 radical (unpaired) electrons. The molecule has 2 aliphatic rings. The summed E-state index contributed by atoms with van der Waals surface area (Å²) in [4.78, 5) is 18.7. The number of morpholine rings is 1. The van der Waals surface area contributed by atoms with Crippen LogP contribution in [0.5, 0.6) is 0 Å². The van der Waals surface area contributed by atoms with Crippen LogP contribution in [0.15, 0.2) is 53.3 Å². The minimum absolute atomic E-state index is 0.00901. The van der Waals surface area contributed by atoms with Crippen LogP contribution in [0, 0.1) is 11.2 Å². The molecule has 0 amide bonds. The molecule has 11 nitrogen and oxygen atoms in total. The van der Waals surface area contributed by atoms with Crippen LogP contribution in [0.1, 0.15) is 26.7 Å². The number of allylic oxidation sites excluding steroid dienone is 4. The molecule has 3 N–H and O–H groups in total. The summed E-state index contributed by atoms with van der Waals surface area (Å²) in [6.07, 6.45) is 5.83. The lowest BCUT2D eigenvalue weighted by Gasteiger charge is -2.36. The van der Waals surface area contributed by atoms with Crippen molar-refractivity contribution in [1.82, 2.24) is 24.4 Å². The van der Waals surface area contributed by atoms with Gasteiger partial charge in [-0.05, 0) is 70.8 Å². The van der Waals surface area contributed by atoms with Crippen LogP contribution in [-0.4, -0.2) is 79.3 Å². The number of fused-ring (bicyclic) bond motifs is 1. The van der Waals surface area contributed by atoms with Crippen LogP contribution in [0.3, 0.4) is 0 Å². The molecule has 1 saturated heterocycles. The summed E-state index contributed by atoms with van der Waals surface area (Å²) >= 11 is 0. The highest BCUT2D eigenvalue weighted by Gasteiger charge is 2.36. The molecule has 0 spiro atoms. The van der Waals surface area contributed by atoms with E-state index in [-0.39, 0.29) is 23.2 Å². The van der Waals surface area contributed by atoms with E-state index in [0.29, 0.717) is 54.7 Å². The van der Waals surface area contributed by atoms with Gasteiger partial charge in [0.25, 0.3) is 0 Å². The Morgan fingerprint density at radius 3 is 2.77 bits per heavy atom. The number of nitrogens with two attached hydrogens (primary N) is 1. The fourth-order valence-electron chi connectivity index (χ4n) is 5.06. The standard InChI is InChI=1S/C27H35FN8O3S/c1-18-16-35(12-13-39-18)26-32-24(23-25(33-26)36(17-30-23)20-7-5-6-19(28)14-20)31-22-9-8-21(40(29,37)38)15-27(22,2)10-11-34(3)4/h5-9,14,17-18H,10-13,15-16H2,1-4H3,(H2,29,37,38)(H,31,32,33). The Kier molecular flexibility index (Phi) is 7.66. The van der Waals surface area contributed by atoms with Crippen molar-refractivity contribution >= 4 is 33.0 Å². The van der Waals surface area contributed by atoms with Gasteiger partial charge < -0.3 is 19.9 Å². The highest BCUT2D eigenvalue weighted by atomic mass is 32.2. The van der Waals surface area contributed by atoms with E-state index in [1.807, 2.05) is 27.9 Å². The fourth-order valence-corrected chi connectivity index (χ4v) is 5.83. The van der Waals surface area contributed by atoms with Gasteiger partial charge in [0.15, 0.2) is 17.0 Å². The number of nitrogens with one attached hydrogen (secondary N) is 1. The van der Waals surface area contributed by atoms with E-state index >= 15 is 0 Å². The third-order valence-corrected chi connectivity index (χ3v) is 8.39. The van der Waals surface area contributed by atoms with E-state index in [1.54, 1.807) is 35.2 Å². The number of aromatic nitrogens is 4. The predicted octanol–water partition coefficient (Wildman–Crippen LogP) is 3.01. The van der Waals surface area contributed by atoms with Crippen molar-refractivity contribution in [3.05, 3.63) is 59.2 Å². The van der Waals surface area contributed by atoms with Gasteiger partial charge in [-0.1, -0.05) is 13.0 Å². The normalized spacial score (nSPS) is 22.0. The molecule has 1 aromatic carbocycles. The molecule has 2 atom stereocenters. The first kappa shape index (κ1) is 28.1. The second-order valence-corrected chi connectivity index (χ2v) is 12.6. The van der Waals surface area contributed by atoms with Gasteiger partial charge in [-0.15, -0.1) is 0 Å². The van der Waals surface area contributed by atoms with E-state index in [9.17, 15) is 12.8 Å². The number of rotatable bonds is 8. The molecule has 2 aromatic heterocycles. The van der Waals surface area contributed by atoms with Gasteiger partial charge in [-0.2, -0.15) is 9.97 Å². The second-order valence-electron chi connectivity index (χ2n) is 10.9. The van der Waals surface area contributed by atoms with Gasteiger partial charge >= 0.3 is 0 Å². The zero-order valence-electron chi connectivity index (χ0n) is 23.1. The lowest BCUT2D eigenvalue weighted by molar-refractivity contribution is 0.0526. The number of imidazole rings is 1. The highest BCUT2D eigenvalue weighted by Crippen LogP contribution is 2.42. The summed E-state index contributed by atoms with van der Waals surface area (Å²) in [7, 11) is 0.109. The van der Waals surface area contributed by atoms with Crippen LogP contribution in [-0.2, 0) is 14.8 Å². The van der Waals surface area contributed by atoms with Crippen LogP contribution in [0.2, 0.25) is 0 Å². The number of hydrogen-bond donors (Lipinski definition) is 2. The quantitative estimate of drug-likeness (QED) is 0.420. The molecule has 1 aliphatic carbocycles. The van der Waals surface area contributed by atoms with E-state index < -0.39 is 15.4 Å². The van der Waals surface area contributed by atoms with Crippen molar-refractivity contribution < 1.29 is 17.5 Å². The van der Waals surface area contributed by atoms with Gasteiger partial charge in [0, 0.05) is 24.2 Å².